The minimum Gasteiger partial charge on any atom is -0.496 e. The second-order valence-corrected chi connectivity index (χ2v) is 18.1. The molecule has 3 aliphatic carbocycles. The lowest BCUT2D eigenvalue weighted by Crippen LogP contribution is -2.62. The highest BCUT2D eigenvalue weighted by molar-refractivity contribution is 5.97. The molecule has 2 amide bonds. The first-order valence-corrected chi connectivity index (χ1v) is 20.3. The molecule has 4 fully saturated rings. The number of amides is 2. The van der Waals surface area contributed by atoms with Crippen LogP contribution in [0.5, 0.6) is 5.75 Å². The van der Waals surface area contributed by atoms with Gasteiger partial charge < -0.3 is 25.4 Å². The van der Waals surface area contributed by atoms with E-state index in [2.05, 4.69) is 70.9 Å². The lowest BCUT2D eigenvalue weighted by molar-refractivity contribution is -0.181. The maximum atomic E-state index is 14.8. The summed E-state index contributed by atoms with van der Waals surface area (Å²) in [5.41, 5.74) is 4.26. The molecule has 9 atom stereocenters. The van der Waals surface area contributed by atoms with E-state index in [0.717, 1.165) is 35.3 Å². The summed E-state index contributed by atoms with van der Waals surface area (Å²) in [4.78, 5) is 38.9. The van der Waals surface area contributed by atoms with E-state index in [4.69, 9.17) is 9.57 Å². The number of anilines is 1. The molecule has 2 bridgehead atoms. The summed E-state index contributed by atoms with van der Waals surface area (Å²) >= 11 is 0. The van der Waals surface area contributed by atoms with Gasteiger partial charge in [0.05, 0.1) is 25.9 Å². The number of aliphatic hydroxyl groups excluding tert-OH is 1. The number of nitrogens with zero attached hydrogens (tertiary/aromatic N) is 3. The van der Waals surface area contributed by atoms with E-state index in [9.17, 15) is 14.7 Å². The van der Waals surface area contributed by atoms with Crippen molar-refractivity contribution in [1.29, 1.82) is 0 Å². The predicted molar refractivity (Wildman–Crippen MR) is 217 cm³/mol. The van der Waals surface area contributed by atoms with Crippen molar-refractivity contribution >= 4 is 17.5 Å². The standard InChI is InChI=1S/C44H69N5O5/c1-25(2)22-48(28(6)26(3)4)24-38-39(29(7)50)40(43(52)46-37-21-33-20-36(27(37)5)44(33,8)9)49(54-38)23-30-15-14-16-35(41(30)53-13)31-17-32(42(51)45-10)19-34(18-31)47(11)12/h14-19,25-29,33,36-40,50H,20-24H2,1-13H3,(H,45,51)(H,46,52)/t27-,28?,29-,33-,36+,37-,38-,39+,40-/m0/s1. The Kier molecular flexibility index (Phi) is 13.1. The van der Waals surface area contributed by atoms with Crippen LogP contribution in [0.1, 0.15) is 91.1 Å². The highest BCUT2D eigenvalue weighted by atomic mass is 16.7. The number of hydrogen-bond donors (Lipinski definition) is 3. The molecule has 2 aromatic rings. The minimum absolute atomic E-state index is 0.0829. The summed E-state index contributed by atoms with van der Waals surface area (Å²) in [5.74, 6) is 2.36. The highest BCUT2D eigenvalue weighted by Gasteiger charge is 2.57. The zero-order chi connectivity index (χ0) is 39.8. The number of aliphatic hydroxyl groups is 1. The number of hydrogen-bond acceptors (Lipinski definition) is 8. The summed E-state index contributed by atoms with van der Waals surface area (Å²) in [6.45, 7) is 21.8. The monoisotopic (exact) mass is 748 g/mol. The van der Waals surface area contributed by atoms with Gasteiger partial charge in [-0.15, -0.1) is 0 Å². The molecular weight excluding hydrogens is 679 g/mol. The molecule has 4 aliphatic rings. The third kappa shape index (κ3) is 8.47. The largest absolute Gasteiger partial charge is 0.496 e. The van der Waals surface area contributed by atoms with Crippen LogP contribution in [0, 0.1) is 40.9 Å². The van der Waals surface area contributed by atoms with Crippen LogP contribution in [-0.2, 0) is 16.2 Å². The van der Waals surface area contributed by atoms with E-state index >= 15 is 0 Å². The van der Waals surface area contributed by atoms with Crippen LogP contribution in [0.4, 0.5) is 5.69 Å². The number of carbonyl (C=O) groups is 2. The van der Waals surface area contributed by atoms with Gasteiger partial charge in [-0.25, -0.2) is 0 Å². The Morgan fingerprint density at radius 2 is 1.78 bits per heavy atom. The number of fused-ring (bicyclic) bond motifs is 2. The van der Waals surface area contributed by atoms with E-state index in [1.165, 1.54) is 6.42 Å². The lowest BCUT2D eigenvalue weighted by Gasteiger charge is -2.62. The second kappa shape index (κ2) is 16.9. The number of carbonyl (C=O) groups excluding carboxylic acids is 2. The lowest BCUT2D eigenvalue weighted by atomic mass is 9.45. The zero-order valence-electron chi connectivity index (χ0n) is 35.3. The van der Waals surface area contributed by atoms with Crippen molar-refractivity contribution in [3.63, 3.8) is 0 Å². The Labute approximate surface area is 325 Å². The van der Waals surface area contributed by atoms with E-state index in [1.807, 2.05) is 60.5 Å². The number of methoxy groups -OCH3 is 1. The molecule has 300 valence electrons. The highest BCUT2D eigenvalue weighted by Crippen LogP contribution is 2.61. The summed E-state index contributed by atoms with van der Waals surface area (Å²) in [5, 5.41) is 19.6. The summed E-state index contributed by atoms with van der Waals surface area (Å²) in [7, 11) is 7.19. The fourth-order valence-corrected chi connectivity index (χ4v) is 9.66. The predicted octanol–water partition coefficient (Wildman–Crippen LogP) is 6.46. The van der Waals surface area contributed by atoms with Gasteiger partial charge >= 0.3 is 0 Å². The number of hydroxylamine groups is 2. The van der Waals surface area contributed by atoms with Gasteiger partial charge in [-0.3, -0.25) is 19.3 Å². The molecule has 1 heterocycles. The average Bonchev–Trinajstić information content (AvgIpc) is 3.48. The first kappa shape index (κ1) is 42.0. The van der Waals surface area contributed by atoms with Crippen molar-refractivity contribution in [2.75, 3.05) is 46.2 Å². The molecule has 2 aromatic carbocycles. The average molecular weight is 748 g/mol. The van der Waals surface area contributed by atoms with Crippen molar-refractivity contribution in [3.05, 3.63) is 47.5 Å². The smallest absolute Gasteiger partial charge is 0.251 e. The molecule has 6 rings (SSSR count). The van der Waals surface area contributed by atoms with Gasteiger partial charge in [0.2, 0.25) is 5.91 Å². The molecule has 1 saturated heterocycles. The Morgan fingerprint density at radius 1 is 1.07 bits per heavy atom. The van der Waals surface area contributed by atoms with Crippen LogP contribution >= 0.6 is 0 Å². The van der Waals surface area contributed by atoms with Crippen molar-refractivity contribution in [2.24, 2.45) is 40.9 Å². The van der Waals surface area contributed by atoms with Crippen molar-refractivity contribution in [3.8, 4) is 16.9 Å². The van der Waals surface area contributed by atoms with Gasteiger partial charge in [0, 0.05) is 74.6 Å². The molecule has 54 heavy (non-hydrogen) atoms. The quantitative estimate of drug-likeness (QED) is 0.191. The first-order valence-electron chi connectivity index (χ1n) is 20.3. The van der Waals surface area contributed by atoms with E-state index < -0.39 is 24.2 Å². The summed E-state index contributed by atoms with van der Waals surface area (Å²) < 4.78 is 6.15. The minimum atomic E-state index is -0.785. The molecular formula is C44H69N5O5. The topological polar surface area (TPSA) is 107 Å². The fraction of sp³-hybridized carbons (Fsp3) is 0.682. The molecule has 0 radical (unpaired) electrons. The van der Waals surface area contributed by atoms with Gasteiger partial charge in [-0.1, -0.05) is 66.7 Å². The number of rotatable bonds is 15. The third-order valence-electron chi connectivity index (χ3n) is 13.3. The summed E-state index contributed by atoms with van der Waals surface area (Å²) in [6.07, 6.45) is 1.01. The molecule has 3 saturated carbocycles. The maximum absolute atomic E-state index is 14.8. The second-order valence-electron chi connectivity index (χ2n) is 18.1. The van der Waals surface area contributed by atoms with Crippen LogP contribution in [0.25, 0.3) is 11.1 Å². The molecule has 3 N–H and O–H groups in total. The van der Waals surface area contributed by atoms with E-state index in [0.29, 0.717) is 58.9 Å². The number of nitrogens with one attached hydrogen (secondary N) is 2. The van der Waals surface area contributed by atoms with Gasteiger partial charge in [-0.2, -0.15) is 5.06 Å². The Morgan fingerprint density at radius 3 is 2.33 bits per heavy atom. The number of ether oxygens (including phenoxy) is 1. The van der Waals surface area contributed by atoms with Crippen molar-refractivity contribution < 1.29 is 24.3 Å². The van der Waals surface area contributed by atoms with Crippen LogP contribution in [-0.4, -0.2) is 98.6 Å². The Hall–Kier alpha value is -3.18. The van der Waals surface area contributed by atoms with Crippen molar-refractivity contribution in [2.45, 2.75) is 112 Å². The zero-order valence-corrected chi connectivity index (χ0v) is 35.3. The number of benzene rings is 2. The van der Waals surface area contributed by atoms with Crippen LogP contribution in [0.3, 0.4) is 0 Å². The normalized spacial score (nSPS) is 27.5. The molecule has 0 aromatic heterocycles. The molecule has 1 unspecified atom stereocenters. The molecule has 10 heteroatoms. The van der Waals surface area contributed by atoms with Gasteiger partial charge in [0.1, 0.15) is 11.8 Å². The van der Waals surface area contributed by atoms with Gasteiger partial charge in [0.15, 0.2) is 0 Å². The SMILES string of the molecule is CNC(=O)c1cc(-c2cccc(CN3O[C@@H](CN(CC(C)C)C(C)C(C)C)[C@@H]([C@H](C)O)[C@H]3C(=O)N[C@H]3C[C@@H]4C[C@H]([C@@H]3C)C4(C)C)c2OC)cc(N(C)C)c1. The summed E-state index contributed by atoms with van der Waals surface area (Å²) in [6, 6.07) is 11.4. The molecule has 1 aliphatic heterocycles. The van der Waals surface area contributed by atoms with Crippen LogP contribution < -0.4 is 20.3 Å². The maximum Gasteiger partial charge on any atom is 0.251 e. The third-order valence-corrected chi connectivity index (χ3v) is 13.3. The van der Waals surface area contributed by atoms with Gasteiger partial charge in [0.25, 0.3) is 5.91 Å². The Bertz CT molecular complexity index is 1620. The first-order chi connectivity index (χ1) is 25.4. The van der Waals surface area contributed by atoms with Crippen LogP contribution in [0.15, 0.2) is 36.4 Å². The van der Waals surface area contributed by atoms with Crippen LogP contribution in [0.2, 0.25) is 0 Å². The van der Waals surface area contributed by atoms with E-state index in [1.54, 1.807) is 21.1 Å². The number of para-hydroxylation sites is 1. The van der Waals surface area contributed by atoms with Gasteiger partial charge in [-0.05, 0) is 85.5 Å². The Balaban J connectivity index is 1.53. The van der Waals surface area contributed by atoms with E-state index in [-0.39, 0.29) is 24.4 Å². The fourth-order valence-electron chi connectivity index (χ4n) is 9.66. The van der Waals surface area contributed by atoms with Crippen molar-refractivity contribution in [1.82, 2.24) is 20.6 Å². The molecule has 0 spiro atoms. The molecule has 10 nitrogen and oxygen atoms in total.